The average Bonchev–Trinajstić information content (AvgIpc) is 2.26. The number of carbonyl (C=O) groups is 1. The van der Waals surface area contributed by atoms with E-state index in [0.717, 1.165) is 69.5 Å². The predicted molar refractivity (Wildman–Crippen MR) is 588 cm³/mol. The highest BCUT2D eigenvalue weighted by atomic mass is 79.9. The van der Waals surface area contributed by atoms with Crippen LogP contribution in [0.25, 0.3) is 9.69 Å². The van der Waals surface area contributed by atoms with Crippen LogP contribution in [-0.2, 0) is 47.6 Å². The molecule has 5 aromatic carbocycles. The Morgan fingerprint density at radius 3 is 1.09 bits per heavy atom. The quantitative estimate of drug-likeness (QED) is 0.00604. The molecule has 5 aliphatic carbocycles. The molecule has 0 spiro atoms. The van der Waals surface area contributed by atoms with Gasteiger partial charge in [0.15, 0.2) is 25.8 Å². The van der Waals surface area contributed by atoms with Crippen LogP contribution in [0.4, 0.5) is 82.0 Å². The zero-order valence-corrected chi connectivity index (χ0v) is 96.0. The molecule has 15 atom stereocenters. The molecule has 1 amide bonds. The zero-order chi connectivity index (χ0) is 112. The van der Waals surface area contributed by atoms with Crippen LogP contribution in [0.3, 0.4) is 0 Å². The van der Waals surface area contributed by atoms with Crippen molar-refractivity contribution < 1.29 is 97.6 Å². The van der Waals surface area contributed by atoms with Crippen LogP contribution in [0.5, 0.6) is 0 Å². The van der Waals surface area contributed by atoms with Crippen LogP contribution in [0, 0.1) is 119 Å². The van der Waals surface area contributed by atoms with Crippen LogP contribution < -0.4 is 22.9 Å². The number of halogens is 18. The third-order valence-corrected chi connectivity index (χ3v) is 37.0. The number of fused-ring (bicyclic) bond motifs is 5. The van der Waals surface area contributed by atoms with Gasteiger partial charge in [-0.2, -0.15) is 8.42 Å². The molecule has 0 saturated heterocycles. The van der Waals surface area contributed by atoms with Gasteiger partial charge in [0.25, 0.3) is 0 Å². The van der Waals surface area contributed by atoms with Gasteiger partial charge in [0.05, 0.1) is 36.9 Å². The number of terminal acetylenes is 2. The summed E-state index contributed by atoms with van der Waals surface area (Å²) < 4.78 is 253. The van der Waals surface area contributed by atoms with Gasteiger partial charge in [0.2, 0.25) is 11.4 Å². The zero-order valence-electron chi connectivity index (χ0n) is 83.4. The monoisotopic (exact) mass is 2440 g/mol. The molecule has 0 radical (unpaired) electrons. The van der Waals surface area contributed by atoms with E-state index in [1.165, 1.54) is 96.2 Å². The number of hydrogen-bond donors (Lipinski definition) is 6. The van der Waals surface area contributed by atoms with Crippen molar-refractivity contribution in [1.82, 2.24) is 14.9 Å². The summed E-state index contributed by atoms with van der Waals surface area (Å²) in [6.07, 6.45) is 14.6. The van der Waals surface area contributed by atoms with Crippen molar-refractivity contribution in [3.63, 3.8) is 0 Å². The van der Waals surface area contributed by atoms with Gasteiger partial charge >= 0.3 is 16.5 Å². The minimum Gasteiger partial charge on any atom is -0.443 e. The minimum absolute atomic E-state index is 0.0340. The van der Waals surface area contributed by atoms with E-state index in [1.54, 1.807) is 57.2 Å². The van der Waals surface area contributed by atoms with Gasteiger partial charge in [-0.25, -0.2) is 110 Å². The van der Waals surface area contributed by atoms with E-state index < -0.39 is 217 Å². The fourth-order valence-electron chi connectivity index (χ4n) is 17.6. The van der Waals surface area contributed by atoms with E-state index in [1.807, 2.05) is 0 Å². The molecule has 5 fully saturated rings. The smallest absolute Gasteiger partial charge is 0.418 e. The number of ether oxygens (including phenoxy) is 2. The van der Waals surface area contributed by atoms with Crippen molar-refractivity contribution in [3.8, 4) is 47.6 Å². The van der Waals surface area contributed by atoms with Crippen LogP contribution >= 0.6 is 107 Å². The van der Waals surface area contributed by atoms with E-state index >= 15 is 0 Å². The highest BCUT2D eigenvalue weighted by Crippen LogP contribution is 2.72. The van der Waals surface area contributed by atoms with Gasteiger partial charge in [-0.15, -0.1) is 23.9 Å². The number of hydrogen-bond acceptors (Lipinski definition) is 21. The maximum Gasteiger partial charge on any atom is 0.418 e. The molecule has 10 N–H and O–H groups in total. The predicted octanol–water partition coefficient (Wildman–Crippen LogP) is 24.8. The fraction of sp³-hybridized carbons (Fsp3) is 0.451. The Bertz CT molecular complexity index is 6780. The molecule has 0 bridgehead atoms. The summed E-state index contributed by atoms with van der Waals surface area (Å²) in [6.45, 7) is 30.3. The van der Waals surface area contributed by atoms with Crippen LogP contribution in [-0.4, -0.2) is 198 Å². The largest absolute Gasteiger partial charge is 0.443 e. The van der Waals surface area contributed by atoms with Crippen LogP contribution in [0.2, 0.25) is 65.0 Å². The second-order valence-corrected chi connectivity index (χ2v) is 66.9. The average molecular weight is 2450 g/mol. The molecule has 5 aliphatic heterocycles. The Morgan fingerprint density at radius 1 is 0.473 bits per heavy atom. The molecule has 10 aliphatic rings. The lowest BCUT2D eigenvalue weighted by molar-refractivity contribution is 0.0108. The Kier molecular flexibility index (Phi) is 40.2. The van der Waals surface area contributed by atoms with Gasteiger partial charge in [-0.1, -0.05) is 179 Å². The van der Waals surface area contributed by atoms with Gasteiger partial charge in [-0.05, 0) is 184 Å². The van der Waals surface area contributed by atoms with Gasteiger partial charge in [0.1, 0.15) is 162 Å². The number of alkyl halides is 10. The molecular weight excluding hydrogens is 2330 g/mol. The first kappa shape index (κ1) is 123. The second kappa shape index (κ2) is 49.0. The number of thioether (sulfide) groups is 5. The lowest BCUT2D eigenvalue weighted by Gasteiger charge is -2.38. The summed E-state index contributed by atoms with van der Waals surface area (Å²) in [7, 11) is -8.75. The topological polar surface area (TPSA) is 314 Å². The number of pyridine rings is 2. The molecule has 150 heavy (non-hydrogen) atoms. The van der Waals surface area contributed by atoms with Crippen molar-refractivity contribution in [3.05, 3.63) is 243 Å². The number of carbonyl (C=O) groups excluding carboxylic acids is 1. The number of aliphatic imine (C=N–C) groups is 5. The molecule has 804 valence electrons. The number of amidine groups is 5. The first-order valence-corrected chi connectivity index (χ1v) is 64.7. The van der Waals surface area contributed by atoms with E-state index in [9.17, 15) is 70.7 Å². The van der Waals surface area contributed by atoms with Crippen molar-refractivity contribution in [2.45, 2.75) is 175 Å². The van der Waals surface area contributed by atoms with E-state index in [-0.39, 0.29) is 66.3 Å². The second-order valence-electron chi connectivity index (χ2n) is 41.1. The minimum atomic E-state index is -4.67. The fourth-order valence-corrected chi connectivity index (χ4v) is 26.3. The standard InChI is InChI=1S/C24H34BrF3N2O3SSi.C21H15F3N4S.C18H21F3N2SSi.C15H13F3N2S.C13H12BrF3N2S.C6H3BrN2.C5H10Si.H2O4S/c1-22(2,3)33-21(31)30(15-32-9-10-35(4,5)6)20-29-24(14-27,19-12-23(19,13-26)34-20)17-11-16(25)7-8-18(17)28;1-26-15-6-5-14(27-10-15)4-2-13-3-7-17(24)16(8-13)21(12-23)18-9-20(18,11-22)29-19(25)28-21;1-25(2,3)7-6-12-4-5-14(21)13(8-12)18(11-20)15-9-17(15,10-19)24-16(22)23-18;1-2-9-3-4-11(18)10(5-9)15(8-17)12-6-14(12,7-16)21-13(19)20-15;14-7-1-2-9(17)8(3-7)13(6-16)10-4-12(10,5-15)20-11(18)19-13;1-8-5-2-3-6(7)9-4-5;1-5-6(2,3)4;1-5(2,3)4/h7-8,11,19H,9-10,12-15H2,1-6H3;3,5-8,10,18H,9,11-12H2,(H2,25,28);4-5,8,15H,9-11H2,1-3H3,(H2,22,23);1,3-5,12H,6-8H2,(H2,19,20);1-3,10H,4-6H2,(H2,18,19);2-4H;1H,2-4H3;(H2,1,2,3,4)/t19-,23-,24-;18-,20-,21-;15-,17-,18-;12-,14-,15-;10-,12-,13-;;;/m11111.../s1. The number of nitrogens with two attached hydrogens (primary N) is 4. The first-order valence-electron chi connectivity index (χ1n) is 46.1. The summed E-state index contributed by atoms with van der Waals surface area (Å²) in [6, 6.07) is 28.6. The lowest BCUT2D eigenvalue weighted by Crippen LogP contribution is -2.47. The van der Waals surface area contributed by atoms with Crippen molar-refractivity contribution in [1.29, 1.82) is 0 Å². The third kappa shape index (κ3) is 29.1. The number of nitrogens with zero attached hydrogens (tertiary/aromatic N) is 10. The van der Waals surface area contributed by atoms with E-state index in [0.29, 0.717) is 81.4 Å². The molecule has 17 rings (SSSR count). The summed E-state index contributed by atoms with van der Waals surface area (Å²) in [5.41, 5.74) is 24.1. The Labute approximate surface area is 912 Å². The Morgan fingerprint density at radius 2 is 0.793 bits per heavy atom. The van der Waals surface area contributed by atoms with Gasteiger partial charge in [0, 0.05) is 110 Å². The SMILES string of the molecule is C#C[Si](C)(C)C.C#Cc1ccc(F)c([C@@]2(CF)N=C(N)S[C@@]3(CF)C[C@H]32)c1.CC(C)(C)OC(=O)N(COCC[Si](C)(C)C)C1=N[C@](CF)(c2cc(Br)ccc2F)[C@@H]2C[C@]2(CF)S1.C[Si](C)(C)C#Cc1ccc(F)c([C@@]2(CF)N=C(N)S[C@@]3(CF)C[C@H]32)c1.NC1=N[C@](CF)(c2cc(Br)ccc2F)[C@@H]2C[C@]2(CF)S1.O=S(=O)(O)O.[C-]#[N+]c1ccc(Br)nc1.[C-]#[N+]c1ccc(C#Cc2ccc(F)c([C@@]3(CF)N=C(N)S[C@@]4(CF)C[C@H]43)c2)nc1. The summed E-state index contributed by atoms with van der Waals surface area (Å²) in [5, 5.41) is 0.463. The van der Waals surface area contributed by atoms with Gasteiger partial charge in [-0.3, -0.25) is 19.1 Å². The maximum atomic E-state index is 15.0. The van der Waals surface area contributed by atoms with Crippen LogP contribution in [0.1, 0.15) is 103 Å². The molecular formula is C102H110Br3F15N14O7S6Si3. The molecule has 7 aromatic rings. The first-order chi connectivity index (χ1) is 70.1. The van der Waals surface area contributed by atoms with E-state index in [4.69, 9.17) is 75.9 Å². The van der Waals surface area contributed by atoms with Crippen molar-refractivity contribution in [2.75, 3.05) is 80.1 Å². The third-order valence-electron chi connectivity index (χ3n) is 25.6. The number of amides is 1. The molecule has 2 aromatic heterocycles. The normalized spacial score (nSPS) is 27.2. The summed E-state index contributed by atoms with van der Waals surface area (Å²) in [5.74, 6) is 5.99. The molecule has 5 saturated carbocycles. The maximum absolute atomic E-state index is 15.0. The highest BCUT2D eigenvalue weighted by Gasteiger charge is 2.74. The summed E-state index contributed by atoms with van der Waals surface area (Å²) >= 11 is 15.3. The number of rotatable bonds is 20. The van der Waals surface area contributed by atoms with E-state index in [2.05, 4.69) is 186 Å². The molecule has 0 unspecified atom stereocenters. The van der Waals surface area contributed by atoms with Crippen molar-refractivity contribution >= 4 is 185 Å². The Balaban J connectivity index is 0.000000184. The van der Waals surface area contributed by atoms with Crippen molar-refractivity contribution in [2.24, 2.45) is 77.5 Å². The summed E-state index contributed by atoms with van der Waals surface area (Å²) in [4.78, 5) is 50.2. The van der Waals surface area contributed by atoms with Crippen LogP contribution in [0.15, 0.2) is 166 Å². The lowest BCUT2D eigenvalue weighted by atomic mass is 9.84. The molecule has 21 nitrogen and oxygen atoms in total. The van der Waals surface area contributed by atoms with Gasteiger partial charge < -0.3 is 32.4 Å². The highest BCUT2D eigenvalue weighted by molar-refractivity contribution is 9.11. The molecule has 7 heterocycles. The Hall–Kier alpha value is -8.94. The number of benzene rings is 5. The molecule has 48 heteroatoms. The number of aromatic nitrogens is 2.